The molecule has 1 saturated heterocycles. The molecule has 4 atom stereocenters. The molecule has 0 bridgehead atoms. The number of carbonyl (C=O) groups excluding carboxylic acids is 3. The quantitative estimate of drug-likeness (QED) is 0.696. The minimum atomic E-state index is -0.693. The molecule has 1 aliphatic rings. The Morgan fingerprint density at radius 1 is 1.03 bits per heavy atom. The summed E-state index contributed by atoms with van der Waals surface area (Å²) in [6, 6.07) is 17.0. The highest BCUT2D eigenvalue weighted by Gasteiger charge is 2.51. The minimum Gasteiger partial charge on any atom is -0.445 e. The van der Waals surface area contributed by atoms with Crippen LogP contribution in [0.5, 0.6) is 0 Å². The fourth-order valence-electron chi connectivity index (χ4n) is 4.03. The molecule has 3 rings (SSSR count). The predicted molar refractivity (Wildman–Crippen MR) is 120 cm³/mol. The van der Waals surface area contributed by atoms with E-state index >= 15 is 0 Å². The average molecular weight is 439 g/mol. The van der Waals surface area contributed by atoms with Crippen LogP contribution in [0.2, 0.25) is 0 Å². The number of carbonyl (C=O) groups is 3. The number of ether oxygens (including phenoxy) is 2. The molecule has 0 saturated carbocycles. The summed E-state index contributed by atoms with van der Waals surface area (Å²) in [6.45, 7) is 7.20. The molecule has 32 heavy (non-hydrogen) atoms. The second-order valence-corrected chi connectivity index (χ2v) is 8.93. The van der Waals surface area contributed by atoms with E-state index in [9.17, 15) is 14.4 Å². The average Bonchev–Trinajstić information content (AvgIpc) is 3.03. The van der Waals surface area contributed by atoms with Crippen molar-refractivity contribution in [1.29, 1.82) is 0 Å². The summed E-state index contributed by atoms with van der Waals surface area (Å²) in [4.78, 5) is 39.3. The molecule has 1 heterocycles. The molecule has 1 N–H and O–H groups in total. The third-order valence-corrected chi connectivity index (χ3v) is 5.45. The van der Waals surface area contributed by atoms with Crippen molar-refractivity contribution in [2.24, 2.45) is 5.92 Å². The highest BCUT2D eigenvalue weighted by Crippen LogP contribution is 2.40. The molecule has 0 spiro atoms. The number of amides is 2. The van der Waals surface area contributed by atoms with Crippen LogP contribution in [-0.2, 0) is 20.9 Å². The monoisotopic (exact) mass is 438 g/mol. The van der Waals surface area contributed by atoms with Crippen LogP contribution in [0.25, 0.3) is 0 Å². The number of hydrogen-bond acceptors (Lipinski definition) is 5. The van der Waals surface area contributed by atoms with Gasteiger partial charge in [0.1, 0.15) is 18.5 Å². The maximum Gasteiger partial charge on any atom is 0.410 e. The van der Waals surface area contributed by atoms with E-state index < -0.39 is 41.8 Å². The summed E-state index contributed by atoms with van der Waals surface area (Å²) in [6.07, 6.45) is -0.398. The standard InChI is InChI=1S/C25H30N2O5/c1-17-20(15-28)21(26-23(29)32-25(2,3)4)22(19-13-9-6-10-14-19)27(17)24(30)31-16-18-11-7-5-8-12-18/h5-15,17,20-22H,16H2,1-4H3,(H,26,29)/t17-,20-,21+,22-/m0/s1. The van der Waals surface area contributed by atoms with E-state index in [4.69, 9.17) is 9.47 Å². The topological polar surface area (TPSA) is 84.9 Å². The van der Waals surface area contributed by atoms with Crippen molar-refractivity contribution >= 4 is 18.5 Å². The Bertz CT molecular complexity index is 926. The number of aldehydes is 1. The van der Waals surface area contributed by atoms with Gasteiger partial charge >= 0.3 is 12.2 Å². The molecule has 170 valence electrons. The summed E-state index contributed by atoms with van der Waals surface area (Å²) in [5.74, 6) is -0.628. The maximum atomic E-state index is 13.2. The highest BCUT2D eigenvalue weighted by atomic mass is 16.6. The molecule has 0 aliphatic carbocycles. The van der Waals surface area contributed by atoms with Gasteiger partial charge in [-0.25, -0.2) is 9.59 Å². The number of nitrogens with zero attached hydrogens (tertiary/aromatic N) is 1. The number of rotatable bonds is 5. The van der Waals surface area contributed by atoms with Gasteiger partial charge in [-0.2, -0.15) is 0 Å². The lowest BCUT2D eigenvalue weighted by atomic mass is 9.92. The number of benzene rings is 2. The van der Waals surface area contributed by atoms with Crippen molar-refractivity contribution < 1.29 is 23.9 Å². The van der Waals surface area contributed by atoms with E-state index in [1.54, 1.807) is 32.6 Å². The van der Waals surface area contributed by atoms with Crippen molar-refractivity contribution in [3.63, 3.8) is 0 Å². The van der Waals surface area contributed by atoms with Crippen LogP contribution >= 0.6 is 0 Å². The molecule has 2 amide bonds. The molecule has 1 aliphatic heterocycles. The smallest absolute Gasteiger partial charge is 0.410 e. The Morgan fingerprint density at radius 3 is 2.19 bits per heavy atom. The van der Waals surface area contributed by atoms with Crippen molar-refractivity contribution in [1.82, 2.24) is 10.2 Å². The van der Waals surface area contributed by atoms with E-state index in [1.165, 1.54) is 0 Å². The van der Waals surface area contributed by atoms with Gasteiger partial charge in [-0.1, -0.05) is 60.7 Å². The van der Waals surface area contributed by atoms with Crippen molar-refractivity contribution in [2.45, 2.75) is 58.0 Å². The Balaban J connectivity index is 1.89. The number of alkyl carbamates (subject to hydrolysis) is 1. The zero-order chi connectivity index (χ0) is 23.3. The summed E-state index contributed by atoms with van der Waals surface area (Å²) in [5.41, 5.74) is 0.961. The molecule has 2 aromatic rings. The third kappa shape index (κ3) is 5.46. The maximum absolute atomic E-state index is 13.2. The third-order valence-electron chi connectivity index (χ3n) is 5.45. The number of nitrogens with one attached hydrogen (secondary N) is 1. The molecule has 7 heteroatoms. The van der Waals surface area contributed by atoms with Crippen LogP contribution in [0.15, 0.2) is 60.7 Å². The summed E-state index contributed by atoms with van der Waals surface area (Å²) < 4.78 is 11.0. The van der Waals surface area contributed by atoms with Crippen LogP contribution < -0.4 is 5.32 Å². The van der Waals surface area contributed by atoms with E-state index in [1.807, 2.05) is 60.7 Å². The molecule has 0 aromatic heterocycles. The van der Waals surface area contributed by atoms with Crippen molar-refractivity contribution in [3.8, 4) is 0 Å². The van der Waals surface area contributed by atoms with Gasteiger partial charge < -0.3 is 19.6 Å². The SMILES string of the molecule is C[C@H]1[C@H](C=O)[C@@H](NC(=O)OC(C)(C)C)[C@H](c2ccccc2)N1C(=O)OCc1ccccc1. The Morgan fingerprint density at radius 2 is 1.62 bits per heavy atom. The van der Waals surface area contributed by atoms with Gasteiger partial charge in [-0.05, 0) is 38.8 Å². The highest BCUT2D eigenvalue weighted by molar-refractivity contribution is 5.74. The zero-order valence-corrected chi connectivity index (χ0v) is 18.9. The molecule has 2 aromatic carbocycles. The minimum absolute atomic E-state index is 0.111. The first kappa shape index (κ1) is 23.3. The summed E-state index contributed by atoms with van der Waals surface area (Å²) in [5, 5.41) is 2.83. The van der Waals surface area contributed by atoms with Gasteiger partial charge in [0.05, 0.1) is 18.0 Å². The van der Waals surface area contributed by atoms with Gasteiger partial charge in [0, 0.05) is 6.04 Å². The lowest BCUT2D eigenvalue weighted by Crippen LogP contribution is -2.45. The molecular formula is C25H30N2O5. The van der Waals surface area contributed by atoms with Crippen LogP contribution in [-0.4, -0.2) is 41.1 Å². The molecule has 7 nitrogen and oxygen atoms in total. The van der Waals surface area contributed by atoms with Gasteiger partial charge in [0.2, 0.25) is 0 Å². The molecular weight excluding hydrogens is 408 g/mol. The van der Waals surface area contributed by atoms with Crippen LogP contribution in [0.3, 0.4) is 0 Å². The Labute approximate surface area is 188 Å². The Kier molecular flexibility index (Phi) is 7.18. The first-order valence-electron chi connectivity index (χ1n) is 10.7. The first-order valence-corrected chi connectivity index (χ1v) is 10.7. The second kappa shape index (κ2) is 9.85. The van der Waals surface area contributed by atoms with Crippen molar-refractivity contribution in [2.75, 3.05) is 0 Å². The van der Waals surface area contributed by atoms with Gasteiger partial charge in [-0.3, -0.25) is 4.90 Å². The normalized spacial score (nSPS) is 22.8. The number of likely N-dealkylation sites (tertiary alicyclic amines) is 1. The van der Waals surface area contributed by atoms with Crippen LogP contribution in [0.4, 0.5) is 9.59 Å². The van der Waals surface area contributed by atoms with E-state index in [2.05, 4.69) is 5.32 Å². The van der Waals surface area contributed by atoms with Gasteiger partial charge in [0.25, 0.3) is 0 Å². The largest absolute Gasteiger partial charge is 0.445 e. The van der Waals surface area contributed by atoms with E-state index in [0.29, 0.717) is 0 Å². The lowest BCUT2D eigenvalue weighted by molar-refractivity contribution is -0.111. The van der Waals surface area contributed by atoms with Gasteiger partial charge in [-0.15, -0.1) is 0 Å². The Hall–Kier alpha value is -3.35. The fourth-order valence-corrected chi connectivity index (χ4v) is 4.03. The van der Waals surface area contributed by atoms with E-state index in [0.717, 1.165) is 17.4 Å². The molecule has 0 radical (unpaired) electrons. The lowest BCUT2D eigenvalue weighted by Gasteiger charge is -2.30. The van der Waals surface area contributed by atoms with E-state index in [-0.39, 0.29) is 6.61 Å². The molecule has 0 unspecified atom stereocenters. The number of hydrogen-bond donors (Lipinski definition) is 1. The predicted octanol–water partition coefficient (Wildman–Crippen LogP) is 4.48. The van der Waals surface area contributed by atoms with Crippen LogP contribution in [0, 0.1) is 5.92 Å². The second-order valence-electron chi connectivity index (χ2n) is 8.93. The summed E-state index contributed by atoms with van der Waals surface area (Å²) in [7, 11) is 0. The zero-order valence-electron chi connectivity index (χ0n) is 18.9. The van der Waals surface area contributed by atoms with Crippen LogP contribution in [0.1, 0.15) is 44.9 Å². The molecule has 1 fully saturated rings. The first-order chi connectivity index (χ1) is 15.2. The fraction of sp³-hybridized carbons (Fsp3) is 0.400. The van der Waals surface area contributed by atoms with Crippen molar-refractivity contribution in [3.05, 3.63) is 71.8 Å². The van der Waals surface area contributed by atoms with Gasteiger partial charge in [0.15, 0.2) is 0 Å². The summed E-state index contributed by atoms with van der Waals surface area (Å²) >= 11 is 0.